The Balaban J connectivity index is 2.63. The molecule has 0 bridgehead atoms. The Kier molecular flexibility index (Phi) is 4.22. The molecule has 0 radical (unpaired) electrons. The Morgan fingerprint density at radius 2 is 1.92 bits per heavy atom. The van der Waals surface area contributed by atoms with Crippen LogP contribution in [0.1, 0.15) is 51.3 Å². The lowest BCUT2D eigenvalue weighted by molar-refractivity contribution is 0.336. The van der Waals surface area contributed by atoms with Crippen molar-refractivity contribution >= 4 is 11.6 Å². The van der Waals surface area contributed by atoms with Crippen molar-refractivity contribution in [2.45, 2.75) is 45.4 Å². The van der Waals surface area contributed by atoms with Crippen molar-refractivity contribution in [3.05, 3.63) is 11.2 Å². The lowest BCUT2D eigenvalue weighted by Crippen LogP contribution is -1.98. The van der Waals surface area contributed by atoms with Crippen LogP contribution in [-0.4, -0.2) is 10.1 Å². The molecule has 1 aromatic rings. The molecule has 0 atom stereocenters. The second-order valence-electron chi connectivity index (χ2n) is 3.18. The first-order valence-corrected chi connectivity index (χ1v) is 5.14. The van der Waals surface area contributed by atoms with Gasteiger partial charge in [-0.2, -0.15) is 4.98 Å². The van der Waals surface area contributed by atoms with Gasteiger partial charge in [-0.25, -0.2) is 0 Å². The molecule has 0 saturated carbocycles. The third kappa shape index (κ3) is 2.99. The first-order chi connectivity index (χ1) is 6.27. The maximum atomic E-state index is 5.59. The molecular weight excluding hydrogens is 188 g/mol. The molecule has 3 nitrogen and oxygen atoms in total. The summed E-state index contributed by atoms with van der Waals surface area (Å²) in [7, 11) is 0. The van der Waals surface area contributed by atoms with E-state index in [0.717, 1.165) is 25.7 Å². The minimum Gasteiger partial charge on any atom is -0.338 e. The summed E-state index contributed by atoms with van der Waals surface area (Å²) in [4.78, 5) is 4.04. The van der Waals surface area contributed by atoms with Crippen LogP contribution in [0.25, 0.3) is 0 Å². The van der Waals surface area contributed by atoms with Gasteiger partial charge in [0.1, 0.15) is 0 Å². The van der Waals surface area contributed by atoms with Crippen LogP contribution in [0.2, 0.25) is 5.28 Å². The van der Waals surface area contributed by atoms with Crippen LogP contribution in [0, 0.1) is 0 Å². The Bertz CT molecular complexity index is 244. The first-order valence-electron chi connectivity index (χ1n) is 4.77. The van der Waals surface area contributed by atoms with E-state index in [2.05, 4.69) is 24.0 Å². The van der Waals surface area contributed by atoms with Crippen LogP contribution < -0.4 is 0 Å². The zero-order valence-corrected chi connectivity index (χ0v) is 8.84. The average molecular weight is 203 g/mol. The predicted octanol–water partition coefficient (Wildman–Crippen LogP) is 3.41. The Morgan fingerprint density at radius 1 is 1.31 bits per heavy atom. The third-order valence-corrected chi connectivity index (χ3v) is 2.19. The van der Waals surface area contributed by atoms with Crippen LogP contribution in [0.5, 0.6) is 0 Å². The number of hydrogen-bond donors (Lipinski definition) is 0. The summed E-state index contributed by atoms with van der Waals surface area (Å²) in [5.74, 6) is 1.07. The van der Waals surface area contributed by atoms with Crippen molar-refractivity contribution in [1.29, 1.82) is 0 Å². The number of hydrogen-bond acceptors (Lipinski definition) is 3. The van der Waals surface area contributed by atoms with Crippen LogP contribution >= 0.6 is 11.6 Å². The van der Waals surface area contributed by atoms with Gasteiger partial charge in [0.2, 0.25) is 5.89 Å². The van der Waals surface area contributed by atoms with E-state index in [1.807, 2.05) is 0 Å². The van der Waals surface area contributed by atoms with Gasteiger partial charge in [0.25, 0.3) is 5.28 Å². The molecule has 4 heteroatoms. The molecule has 13 heavy (non-hydrogen) atoms. The van der Waals surface area contributed by atoms with Crippen LogP contribution in [0.15, 0.2) is 4.52 Å². The van der Waals surface area contributed by atoms with Gasteiger partial charge in [-0.1, -0.05) is 26.7 Å². The van der Waals surface area contributed by atoms with Crippen molar-refractivity contribution in [2.24, 2.45) is 0 Å². The zero-order valence-electron chi connectivity index (χ0n) is 8.09. The Labute approximate surface area is 83.5 Å². The molecule has 74 valence electrons. The number of aromatic nitrogens is 2. The summed E-state index contributed by atoms with van der Waals surface area (Å²) < 4.78 is 5.04. The first kappa shape index (κ1) is 10.5. The van der Waals surface area contributed by atoms with E-state index in [4.69, 9.17) is 16.1 Å². The molecule has 0 amide bonds. The molecule has 0 saturated heterocycles. The summed E-state index contributed by atoms with van der Waals surface area (Å²) in [6, 6.07) is 0. The Morgan fingerprint density at radius 3 is 2.31 bits per heavy atom. The molecule has 0 aliphatic carbocycles. The highest BCUT2D eigenvalue weighted by Crippen LogP contribution is 2.25. The normalized spacial score (nSPS) is 11.1. The second-order valence-corrected chi connectivity index (χ2v) is 3.51. The van der Waals surface area contributed by atoms with E-state index in [1.54, 1.807) is 0 Å². The lowest BCUT2D eigenvalue weighted by atomic mass is 9.98. The summed E-state index contributed by atoms with van der Waals surface area (Å²) in [6.45, 7) is 4.31. The highest BCUT2D eigenvalue weighted by Gasteiger charge is 2.16. The quantitative estimate of drug-likeness (QED) is 0.735. The molecule has 1 aromatic heterocycles. The molecule has 0 aromatic carbocycles. The van der Waals surface area contributed by atoms with Gasteiger partial charge in [0.15, 0.2) is 0 Å². The van der Waals surface area contributed by atoms with Gasteiger partial charge in [0, 0.05) is 5.92 Å². The second kappa shape index (κ2) is 5.22. The smallest absolute Gasteiger partial charge is 0.263 e. The van der Waals surface area contributed by atoms with E-state index in [-0.39, 0.29) is 5.28 Å². The maximum absolute atomic E-state index is 5.59. The van der Waals surface area contributed by atoms with Crippen LogP contribution in [-0.2, 0) is 0 Å². The topological polar surface area (TPSA) is 38.9 Å². The van der Waals surface area contributed by atoms with Gasteiger partial charge in [0.05, 0.1) is 0 Å². The Hall–Kier alpha value is -0.570. The van der Waals surface area contributed by atoms with Gasteiger partial charge >= 0.3 is 0 Å². The summed E-state index contributed by atoms with van der Waals surface area (Å²) in [5, 5.41) is 3.80. The van der Waals surface area contributed by atoms with Gasteiger partial charge in [-0.3, -0.25) is 0 Å². The minimum atomic E-state index is 0.215. The van der Waals surface area contributed by atoms with Crippen LogP contribution in [0.3, 0.4) is 0 Å². The van der Waals surface area contributed by atoms with E-state index >= 15 is 0 Å². The highest BCUT2D eigenvalue weighted by molar-refractivity contribution is 6.28. The number of halogens is 1. The fraction of sp³-hybridized carbons (Fsp3) is 0.778. The molecule has 0 fully saturated rings. The zero-order chi connectivity index (χ0) is 9.68. The molecule has 0 N–H and O–H groups in total. The monoisotopic (exact) mass is 202 g/mol. The molecule has 1 heterocycles. The molecule has 0 aliphatic heterocycles. The summed E-state index contributed by atoms with van der Waals surface area (Å²) >= 11 is 5.59. The maximum Gasteiger partial charge on any atom is 0.263 e. The SMILES string of the molecule is CCCC(CCC)c1nc(Cl)no1. The molecular formula is C9H15ClN2O. The van der Waals surface area contributed by atoms with Gasteiger partial charge in [-0.15, -0.1) is 0 Å². The number of rotatable bonds is 5. The summed E-state index contributed by atoms with van der Waals surface area (Å²) in [5.41, 5.74) is 0. The molecule has 1 rings (SSSR count). The third-order valence-electron chi connectivity index (χ3n) is 2.04. The fourth-order valence-electron chi connectivity index (χ4n) is 1.47. The van der Waals surface area contributed by atoms with Gasteiger partial charge in [-0.05, 0) is 29.6 Å². The van der Waals surface area contributed by atoms with Crippen molar-refractivity contribution in [3.63, 3.8) is 0 Å². The van der Waals surface area contributed by atoms with E-state index in [9.17, 15) is 0 Å². The standard InChI is InChI=1S/C9H15ClN2O/c1-3-5-7(6-4-2)8-11-9(10)12-13-8/h7H,3-6H2,1-2H3. The number of nitrogens with zero attached hydrogens (tertiary/aromatic N) is 2. The van der Waals surface area contributed by atoms with Crippen molar-refractivity contribution in [3.8, 4) is 0 Å². The van der Waals surface area contributed by atoms with E-state index in [0.29, 0.717) is 11.8 Å². The fourth-order valence-corrected chi connectivity index (χ4v) is 1.59. The van der Waals surface area contributed by atoms with E-state index in [1.165, 1.54) is 0 Å². The summed E-state index contributed by atoms with van der Waals surface area (Å²) in [6.07, 6.45) is 4.44. The van der Waals surface area contributed by atoms with Crippen molar-refractivity contribution in [1.82, 2.24) is 10.1 Å². The predicted molar refractivity (Wildman–Crippen MR) is 51.9 cm³/mol. The highest BCUT2D eigenvalue weighted by atomic mass is 35.5. The molecule has 0 unspecified atom stereocenters. The van der Waals surface area contributed by atoms with Crippen molar-refractivity contribution < 1.29 is 4.52 Å². The molecule has 0 spiro atoms. The largest absolute Gasteiger partial charge is 0.338 e. The van der Waals surface area contributed by atoms with Crippen molar-refractivity contribution in [2.75, 3.05) is 0 Å². The van der Waals surface area contributed by atoms with E-state index < -0.39 is 0 Å². The lowest BCUT2D eigenvalue weighted by Gasteiger charge is -2.08. The minimum absolute atomic E-state index is 0.215. The van der Waals surface area contributed by atoms with Gasteiger partial charge < -0.3 is 4.52 Å². The van der Waals surface area contributed by atoms with Crippen LogP contribution in [0.4, 0.5) is 0 Å². The average Bonchev–Trinajstić information content (AvgIpc) is 2.51. The molecule has 0 aliphatic rings.